The Hall–Kier alpha value is -2.15. The molecule has 2 aromatic rings. The zero-order valence-electron chi connectivity index (χ0n) is 12.1. The van der Waals surface area contributed by atoms with Crippen LogP contribution in [0.2, 0.25) is 0 Å². The molecule has 21 heavy (non-hydrogen) atoms. The summed E-state index contributed by atoms with van der Waals surface area (Å²) in [7, 11) is 0. The van der Waals surface area contributed by atoms with Crippen molar-refractivity contribution in [1.82, 2.24) is 10.3 Å². The number of hydrogen-bond donors (Lipinski definition) is 2. The number of nitrogens with zero attached hydrogens (tertiary/aromatic N) is 1. The highest BCUT2D eigenvalue weighted by Crippen LogP contribution is 2.27. The molecule has 2 aromatic heterocycles. The number of hydrogen-bond acceptors (Lipinski definition) is 5. The largest absolute Gasteiger partial charge is 0.439 e. The van der Waals surface area contributed by atoms with E-state index < -0.39 is 17.5 Å². The average molecular weight is 307 g/mol. The summed E-state index contributed by atoms with van der Waals surface area (Å²) >= 11 is 1.49. The molecule has 0 spiro atoms. The van der Waals surface area contributed by atoms with E-state index in [-0.39, 0.29) is 6.61 Å². The number of rotatable bonds is 3. The number of pyridine rings is 1. The molecule has 0 aliphatic carbocycles. The standard InChI is InChI=1S/C14H17N3O3S/c1-14(2,3)17-13(19)20-7-11(18)16-9-8-21-10-5-4-6-15-12(9)10/h4-6,8H,7H2,1-3H3,(H,16,18)(H,17,19). The van der Waals surface area contributed by atoms with E-state index in [9.17, 15) is 9.59 Å². The normalized spacial score (nSPS) is 11.2. The van der Waals surface area contributed by atoms with Crippen LogP contribution in [-0.4, -0.2) is 29.1 Å². The summed E-state index contributed by atoms with van der Waals surface area (Å²) in [6.07, 6.45) is 1.05. The lowest BCUT2D eigenvalue weighted by molar-refractivity contribution is -0.119. The minimum absolute atomic E-state index is 0.341. The number of thiophene rings is 1. The van der Waals surface area contributed by atoms with E-state index in [1.807, 2.05) is 38.3 Å². The van der Waals surface area contributed by atoms with E-state index in [1.54, 1.807) is 6.20 Å². The summed E-state index contributed by atoms with van der Waals surface area (Å²) in [5.74, 6) is -0.399. The van der Waals surface area contributed by atoms with Crippen molar-refractivity contribution in [3.8, 4) is 0 Å². The number of aromatic nitrogens is 1. The molecule has 0 aliphatic rings. The smallest absolute Gasteiger partial charge is 0.408 e. The SMILES string of the molecule is CC(C)(C)NC(=O)OCC(=O)Nc1csc2cccnc12. The summed E-state index contributed by atoms with van der Waals surface area (Å²) in [4.78, 5) is 27.5. The van der Waals surface area contributed by atoms with Crippen LogP contribution < -0.4 is 10.6 Å². The molecule has 2 N–H and O–H groups in total. The van der Waals surface area contributed by atoms with Gasteiger partial charge in [-0.3, -0.25) is 9.78 Å². The number of carbonyl (C=O) groups is 2. The molecule has 6 nitrogen and oxygen atoms in total. The van der Waals surface area contributed by atoms with Gasteiger partial charge in [0.15, 0.2) is 6.61 Å². The van der Waals surface area contributed by atoms with Crippen LogP contribution in [0.15, 0.2) is 23.7 Å². The lowest BCUT2D eigenvalue weighted by atomic mass is 10.1. The number of carbonyl (C=O) groups excluding carboxylic acids is 2. The second-order valence-corrected chi connectivity index (χ2v) is 6.41. The zero-order chi connectivity index (χ0) is 15.5. The van der Waals surface area contributed by atoms with Crippen molar-refractivity contribution in [3.63, 3.8) is 0 Å². The fraction of sp³-hybridized carbons (Fsp3) is 0.357. The second-order valence-electron chi connectivity index (χ2n) is 5.50. The molecular formula is C14H17N3O3S. The fourth-order valence-corrected chi connectivity index (χ4v) is 2.46. The molecule has 0 saturated heterocycles. The molecular weight excluding hydrogens is 290 g/mol. The number of anilines is 1. The number of ether oxygens (including phenoxy) is 1. The van der Waals surface area contributed by atoms with Gasteiger partial charge in [0.25, 0.3) is 5.91 Å². The number of amides is 2. The lowest BCUT2D eigenvalue weighted by Crippen LogP contribution is -2.41. The van der Waals surface area contributed by atoms with Gasteiger partial charge in [-0.2, -0.15) is 0 Å². The van der Waals surface area contributed by atoms with E-state index in [0.717, 1.165) is 10.2 Å². The lowest BCUT2D eigenvalue weighted by Gasteiger charge is -2.19. The number of nitrogens with one attached hydrogen (secondary N) is 2. The Morgan fingerprint density at radius 1 is 1.38 bits per heavy atom. The molecule has 2 amide bonds. The molecule has 2 heterocycles. The van der Waals surface area contributed by atoms with Crippen molar-refractivity contribution in [3.05, 3.63) is 23.7 Å². The first-order chi connectivity index (χ1) is 9.85. The predicted octanol–water partition coefficient (Wildman–Crippen LogP) is 2.76. The molecule has 0 aromatic carbocycles. The van der Waals surface area contributed by atoms with E-state index >= 15 is 0 Å². The topological polar surface area (TPSA) is 80.3 Å². The van der Waals surface area contributed by atoms with Crippen molar-refractivity contribution < 1.29 is 14.3 Å². The number of fused-ring (bicyclic) bond motifs is 1. The average Bonchev–Trinajstić information content (AvgIpc) is 2.78. The van der Waals surface area contributed by atoms with Crippen LogP contribution in [0.5, 0.6) is 0 Å². The van der Waals surface area contributed by atoms with Crippen LogP contribution in [0.3, 0.4) is 0 Å². The molecule has 0 aliphatic heterocycles. The van der Waals surface area contributed by atoms with E-state index in [2.05, 4.69) is 15.6 Å². The second kappa shape index (κ2) is 6.09. The molecule has 0 saturated carbocycles. The van der Waals surface area contributed by atoms with Gasteiger partial charge in [-0.25, -0.2) is 4.79 Å². The first-order valence-corrected chi connectivity index (χ1v) is 7.30. The van der Waals surface area contributed by atoms with E-state index in [0.29, 0.717) is 5.69 Å². The fourth-order valence-electron chi connectivity index (χ4n) is 1.61. The molecule has 2 rings (SSSR count). The highest BCUT2D eigenvalue weighted by atomic mass is 32.1. The molecule has 0 atom stereocenters. The Labute approximate surface area is 126 Å². The first-order valence-electron chi connectivity index (χ1n) is 6.42. The highest BCUT2D eigenvalue weighted by Gasteiger charge is 2.16. The molecule has 0 fully saturated rings. The third-order valence-electron chi connectivity index (χ3n) is 2.42. The summed E-state index contributed by atoms with van der Waals surface area (Å²) in [5.41, 5.74) is 0.955. The van der Waals surface area contributed by atoms with Gasteiger partial charge in [-0.1, -0.05) is 0 Å². The monoisotopic (exact) mass is 307 g/mol. The van der Waals surface area contributed by atoms with Crippen LogP contribution in [0, 0.1) is 0 Å². The van der Waals surface area contributed by atoms with Gasteiger partial charge >= 0.3 is 6.09 Å². The van der Waals surface area contributed by atoms with E-state index in [1.165, 1.54) is 11.3 Å². The summed E-state index contributed by atoms with van der Waals surface area (Å²) in [6.45, 7) is 5.15. The molecule has 0 bridgehead atoms. The molecule has 112 valence electrons. The van der Waals surface area contributed by atoms with Gasteiger partial charge in [0.2, 0.25) is 0 Å². The Morgan fingerprint density at radius 2 is 2.14 bits per heavy atom. The Morgan fingerprint density at radius 3 is 2.86 bits per heavy atom. The van der Waals surface area contributed by atoms with Crippen LogP contribution >= 0.6 is 11.3 Å². The Balaban J connectivity index is 1.89. The zero-order valence-corrected chi connectivity index (χ0v) is 12.9. The van der Waals surface area contributed by atoms with Gasteiger partial charge in [0, 0.05) is 17.1 Å². The highest BCUT2D eigenvalue weighted by molar-refractivity contribution is 7.17. The number of alkyl carbamates (subject to hydrolysis) is 1. The van der Waals surface area contributed by atoms with Crippen LogP contribution in [0.25, 0.3) is 10.2 Å². The van der Waals surface area contributed by atoms with Gasteiger partial charge in [-0.15, -0.1) is 11.3 Å². The maximum absolute atomic E-state index is 11.8. The third kappa shape index (κ3) is 4.42. The molecule has 0 unspecified atom stereocenters. The van der Waals surface area contributed by atoms with Crippen molar-refractivity contribution >= 4 is 39.2 Å². The van der Waals surface area contributed by atoms with Crippen LogP contribution in [0.1, 0.15) is 20.8 Å². The van der Waals surface area contributed by atoms with Crippen molar-refractivity contribution in [2.24, 2.45) is 0 Å². The first kappa shape index (κ1) is 15.2. The van der Waals surface area contributed by atoms with Gasteiger partial charge < -0.3 is 15.4 Å². The van der Waals surface area contributed by atoms with Crippen LogP contribution in [0.4, 0.5) is 10.5 Å². The predicted molar refractivity (Wildman–Crippen MR) is 82.5 cm³/mol. The summed E-state index contributed by atoms with van der Waals surface area (Å²) in [6, 6.07) is 3.76. The van der Waals surface area contributed by atoms with Crippen LogP contribution in [-0.2, 0) is 9.53 Å². The summed E-state index contributed by atoms with van der Waals surface area (Å²) < 4.78 is 5.85. The minimum atomic E-state index is -0.619. The van der Waals surface area contributed by atoms with Crippen molar-refractivity contribution in [1.29, 1.82) is 0 Å². The third-order valence-corrected chi connectivity index (χ3v) is 3.35. The molecule has 0 radical (unpaired) electrons. The maximum Gasteiger partial charge on any atom is 0.408 e. The Kier molecular flexibility index (Phi) is 4.42. The van der Waals surface area contributed by atoms with E-state index in [4.69, 9.17) is 4.74 Å². The Bertz CT molecular complexity index is 661. The minimum Gasteiger partial charge on any atom is -0.439 e. The van der Waals surface area contributed by atoms with Crippen molar-refractivity contribution in [2.45, 2.75) is 26.3 Å². The maximum atomic E-state index is 11.8. The summed E-state index contributed by atoms with van der Waals surface area (Å²) in [5, 5.41) is 7.11. The molecule has 7 heteroatoms. The van der Waals surface area contributed by atoms with Gasteiger partial charge in [0.1, 0.15) is 5.52 Å². The quantitative estimate of drug-likeness (QED) is 0.913. The van der Waals surface area contributed by atoms with Crippen molar-refractivity contribution in [2.75, 3.05) is 11.9 Å². The van der Waals surface area contributed by atoms with Gasteiger partial charge in [-0.05, 0) is 32.9 Å². The van der Waals surface area contributed by atoms with Gasteiger partial charge in [0.05, 0.1) is 10.4 Å².